The summed E-state index contributed by atoms with van der Waals surface area (Å²) >= 11 is 12.2. The van der Waals surface area contributed by atoms with Gasteiger partial charge in [-0.3, -0.25) is 9.48 Å². The molecule has 33 heavy (non-hydrogen) atoms. The molecular weight excluding hydrogens is 461 g/mol. The number of rotatable bonds is 10. The number of aromatic nitrogens is 2. The van der Waals surface area contributed by atoms with Crippen LogP contribution in [0.5, 0.6) is 11.5 Å². The molecule has 0 unspecified atom stereocenters. The van der Waals surface area contributed by atoms with E-state index in [1.165, 1.54) is 6.08 Å². The number of benzene rings is 2. The van der Waals surface area contributed by atoms with E-state index in [1.807, 2.05) is 49.4 Å². The van der Waals surface area contributed by atoms with E-state index in [2.05, 4.69) is 10.4 Å². The number of para-hydroxylation sites is 1. The zero-order valence-corrected chi connectivity index (χ0v) is 20.4. The fourth-order valence-electron chi connectivity index (χ4n) is 3.24. The summed E-state index contributed by atoms with van der Waals surface area (Å²) in [6, 6.07) is 13.6. The summed E-state index contributed by atoms with van der Waals surface area (Å²) in [7, 11) is 1.63. The molecule has 3 aromatic rings. The molecule has 1 heterocycles. The summed E-state index contributed by atoms with van der Waals surface area (Å²) < 4.78 is 13.1. The van der Waals surface area contributed by atoms with Crippen LogP contribution in [0, 0.1) is 13.8 Å². The summed E-state index contributed by atoms with van der Waals surface area (Å²) in [5.41, 5.74) is 3.53. The molecule has 0 bridgehead atoms. The number of hydrogen-bond acceptors (Lipinski definition) is 4. The first kappa shape index (κ1) is 24.7. The topological polar surface area (TPSA) is 65.4 Å². The highest BCUT2D eigenvalue weighted by molar-refractivity contribution is 6.41. The highest BCUT2D eigenvalue weighted by Gasteiger charge is 2.10. The summed E-state index contributed by atoms with van der Waals surface area (Å²) in [5, 5.41) is 8.01. The molecule has 8 heteroatoms. The number of carbonyl (C=O) groups is 1. The van der Waals surface area contributed by atoms with Gasteiger partial charge in [0.2, 0.25) is 5.91 Å². The minimum atomic E-state index is -0.177. The van der Waals surface area contributed by atoms with Crippen molar-refractivity contribution in [1.82, 2.24) is 15.1 Å². The lowest BCUT2D eigenvalue weighted by molar-refractivity contribution is -0.116. The van der Waals surface area contributed by atoms with E-state index in [-0.39, 0.29) is 5.91 Å². The maximum absolute atomic E-state index is 12.2. The molecule has 0 spiro atoms. The molecular formula is C25H27Cl2N3O3. The molecule has 0 aliphatic heterocycles. The number of amides is 1. The second-order valence-corrected chi connectivity index (χ2v) is 8.25. The second-order valence-electron chi connectivity index (χ2n) is 7.52. The van der Waals surface area contributed by atoms with Crippen LogP contribution < -0.4 is 14.8 Å². The Morgan fingerprint density at radius 3 is 2.64 bits per heavy atom. The summed E-state index contributed by atoms with van der Waals surface area (Å²) in [6.07, 6.45) is 3.95. The number of methoxy groups -OCH3 is 1. The van der Waals surface area contributed by atoms with Crippen LogP contribution in [-0.2, 0) is 17.9 Å². The van der Waals surface area contributed by atoms with Crippen molar-refractivity contribution < 1.29 is 14.3 Å². The lowest BCUT2D eigenvalue weighted by atomic mass is 10.1. The van der Waals surface area contributed by atoms with Crippen molar-refractivity contribution in [2.75, 3.05) is 13.7 Å². The summed E-state index contributed by atoms with van der Waals surface area (Å²) in [4.78, 5) is 12.2. The van der Waals surface area contributed by atoms with Crippen molar-refractivity contribution in [3.8, 4) is 11.5 Å². The molecule has 0 aliphatic carbocycles. The molecule has 1 N–H and O–H groups in total. The zero-order chi connectivity index (χ0) is 23.8. The lowest BCUT2D eigenvalue weighted by Crippen LogP contribution is -2.23. The van der Waals surface area contributed by atoms with Gasteiger partial charge >= 0.3 is 0 Å². The Morgan fingerprint density at radius 1 is 1.15 bits per heavy atom. The van der Waals surface area contributed by atoms with Crippen molar-refractivity contribution in [2.24, 2.45) is 0 Å². The molecule has 0 atom stereocenters. The van der Waals surface area contributed by atoms with Gasteiger partial charge in [-0.1, -0.05) is 47.5 Å². The standard InChI is InChI=1S/C25H27Cl2N3O3/c1-17-7-4-5-8-21(17)33-16-20-15-19(9-11-22(20)32-3)10-12-23(31)28-13-6-14-30-25(27)24(26)18(2)29-30/h4-5,7-12,15H,6,13-14,16H2,1-3H3,(H,28,31)/b12-10+. The SMILES string of the molecule is COc1ccc(/C=C/C(=O)NCCCn2nc(C)c(Cl)c2Cl)cc1COc1ccccc1C. The fraction of sp³-hybridized carbons (Fsp3) is 0.280. The predicted molar refractivity (Wildman–Crippen MR) is 132 cm³/mol. The van der Waals surface area contributed by atoms with Crippen molar-refractivity contribution in [1.29, 1.82) is 0 Å². The third-order valence-electron chi connectivity index (χ3n) is 5.05. The van der Waals surface area contributed by atoms with Gasteiger partial charge in [-0.05, 0) is 55.7 Å². The first-order valence-electron chi connectivity index (χ1n) is 10.6. The molecule has 2 aromatic carbocycles. The minimum Gasteiger partial charge on any atom is -0.496 e. The molecule has 1 aromatic heterocycles. The number of carbonyl (C=O) groups excluding carboxylic acids is 1. The third kappa shape index (κ3) is 6.76. The molecule has 0 fully saturated rings. The monoisotopic (exact) mass is 487 g/mol. The van der Waals surface area contributed by atoms with Crippen LogP contribution >= 0.6 is 23.2 Å². The van der Waals surface area contributed by atoms with E-state index >= 15 is 0 Å². The van der Waals surface area contributed by atoms with Gasteiger partial charge < -0.3 is 14.8 Å². The van der Waals surface area contributed by atoms with Gasteiger partial charge in [-0.2, -0.15) is 5.10 Å². The van der Waals surface area contributed by atoms with Crippen LogP contribution in [0.4, 0.5) is 0 Å². The highest BCUT2D eigenvalue weighted by Crippen LogP contribution is 2.25. The van der Waals surface area contributed by atoms with Crippen LogP contribution in [0.3, 0.4) is 0 Å². The zero-order valence-electron chi connectivity index (χ0n) is 18.9. The summed E-state index contributed by atoms with van der Waals surface area (Å²) in [5.74, 6) is 1.39. The average molecular weight is 488 g/mol. The van der Waals surface area contributed by atoms with E-state index < -0.39 is 0 Å². The molecule has 6 nitrogen and oxygen atoms in total. The average Bonchev–Trinajstić information content (AvgIpc) is 3.06. The number of nitrogens with one attached hydrogen (secondary N) is 1. The molecule has 0 aliphatic rings. The second kappa shape index (κ2) is 11.8. The van der Waals surface area contributed by atoms with E-state index in [1.54, 1.807) is 24.8 Å². The van der Waals surface area contributed by atoms with Gasteiger partial charge in [-0.15, -0.1) is 0 Å². The van der Waals surface area contributed by atoms with E-state index in [0.29, 0.717) is 42.0 Å². The molecule has 0 saturated heterocycles. The highest BCUT2D eigenvalue weighted by atomic mass is 35.5. The van der Waals surface area contributed by atoms with Gasteiger partial charge in [0.1, 0.15) is 28.3 Å². The molecule has 1 amide bonds. The molecule has 0 radical (unpaired) electrons. The van der Waals surface area contributed by atoms with Gasteiger partial charge in [0.25, 0.3) is 0 Å². The maximum Gasteiger partial charge on any atom is 0.244 e. The number of aryl methyl sites for hydroxylation is 3. The van der Waals surface area contributed by atoms with Crippen molar-refractivity contribution in [3.63, 3.8) is 0 Å². The van der Waals surface area contributed by atoms with Gasteiger partial charge in [-0.25, -0.2) is 0 Å². The quantitative estimate of drug-likeness (QED) is 0.298. The number of halogens is 2. The number of hydrogen-bond donors (Lipinski definition) is 1. The Hall–Kier alpha value is -2.96. The Kier molecular flexibility index (Phi) is 8.80. The third-order valence-corrected chi connectivity index (χ3v) is 5.98. The van der Waals surface area contributed by atoms with E-state index in [9.17, 15) is 4.79 Å². The van der Waals surface area contributed by atoms with Crippen molar-refractivity contribution >= 4 is 35.2 Å². The van der Waals surface area contributed by atoms with Crippen LogP contribution in [0.1, 0.15) is 28.8 Å². The molecule has 174 valence electrons. The smallest absolute Gasteiger partial charge is 0.244 e. The minimum absolute atomic E-state index is 0.177. The predicted octanol–water partition coefficient (Wildman–Crippen LogP) is 5.61. The van der Waals surface area contributed by atoms with Crippen LogP contribution in [0.15, 0.2) is 48.5 Å². The number of ether oxygens (including phenoxy) is 2. The fourth-order valence-corrected chi connectivity index (χ4v) is 3.63. The Labute approximate surface area is 204 Å². The molecule has 3 rings (SSSR count). The Balaban J connectivity index is 1.53. The van der Waals surface area contributed by atoms with Gasteiger partial charge in [0.15, 0.2) is 0 Å². The normalized spacial score (nSPS) is 11.1. The van der Waals surface area contributed by atoms with E-state index in [0.717, 1.165) is 28.2 Å². The number of nitrogens with zero attached hydrogens (tertiary/aromatic N) is 2. The maximum atomic E-state index is 12.2. The lowest BCUT2D eigenvalue weighted by Gasteiger charge is -2.12. The van der Waals surface area contributed by atoms with Crippen LogP contribution in [0.2, 0.25) is 10.2 Å². The first-order valence-corrected chi connectivity index (χ1v) is 11.3. The van der Waals surface area contributed by atoms with Gasteiger partial charge in [0.05, 0.1) is 12.8 Å². The first-order chi connectivity index (χ1) is 15.9. The Morgan fingerprint density at radius 2 is 1.94 bits per heavy atom. The van der Waals surface area contributed by atoms with E-state index in [4.69, 9.17) is 32.7 Å². The van der Waals surface area contributed by atoms with Crippen molar-refractivity contribution in [3.05, 3.63) is 81.1 Å². The molecule has 0 saturated carbocycles. The van der Waals surface area contributed by atoms with Crippen LogP contribution in [-0.4, -0.2) is 29.3 Å². The Bertz CT molecular complexity index is 1140. The van der Waals surface area contributed by atoms with Crippen LogP contribution in [0.25, 0.3) is 6.08 Å². The van der Waals surface area contributed by atoms with Gasteiger partial charge in [0, 0.05) is 24.7 Å². The van der Waals surface area contributed by atoms with Crippen molar-refractivity contribution in [2.45, 2.75) is 33.4 Å². The summed E-state index contributed by atoms with van der Waals surface area (Å²) in [6.45, 7) is 5.23. The largest absolute Gasteiger partial charge is 0.496 e.